The fourth-order valence-electron chi connectivity index (χ4n) is 4.03. The summed E-state index contributed by atoms with van der Waals surface area (Å²) >= 11 is 0. The van der Waals surface area contributed by atoms with Gasteiger partial charge in [0.25, 0.3) is 0 Å². The Morgan fingerprint density at radius 2 is 1.72 bits per heavy atom. The van der Waals surface area contributed by atoms with Gasteiger partial charge in [-0.25, -0.2) is 8.42 Å². The van der Waals surface area contributed by atoms with Gasteiger partial charge in [-0.05, 0) is 54.3 Å². The molecule has 3 aromatic rings. The molecule has 1 aliphatic rings. The van der Waals surface area contributed by atoms with E-state index in [9.17, 15) is 13.2 Å². The molecule has 1 fully saturated rings. The van der Waals surface area contributed by atoms with Gasteiger partial charge in [-0.15, -0.1) is 0 Å². The summed E-state index contributed by atoms with van der Waals surface area (Å²) in [5.74, 6) is 0.228. The van der Waals surface area contributed by atoms with Crippen molar-refractivity contribution >= 4 is 32.4 Å². The molecule has 0 spiro atoms. The van der Waals surface area contributed by atoms with Crippen LogP contribution >= 0.6 is 0 Å². The summed E-state index contributed by atoms with van der Waals surface area (Å²) in [5.41, 5.74) is 1.26. The van der Waals surface area contributed by atoms with E-state index in [0.717, 1.165) is 35.6 Å². The molecular weight excluding hydrogens is 424 g/mol. The quantitative estimate of drug-likeness (QED) is 0.569. The van der Waals surface area contributed by atoms with E-state index in [2.05, 4.69) is 5.32 Å². The van der Waals surface area contributed by atoms with E-state index in [1.165, 1.54) is 10.4 Å². The van der Waals surface area contributed by atoms with Crippen molar-refractivity contribution in [3.8, 4) is 5.75 Å². The minimum absolute atomic E-state index is 0.170. The first-order valence-corrected chi connectivity index (χ1v) is 12.5. The van der Waals surface area contributed by atoms with Gasteiger partial charge >= 0.3 is 0 Å². The lowest BCUT2D eigenvalue weighted by Crippen LogP contribution is -2.35. The summed E-state index contributed by atoms with van der Waals surface area (Å²) in [6.45, 7) is 3.31. The Kier molecular flexibility index (Phi) is 6.77. The van der Waals surface area contributed by atoms with E-state index in [0.29, 0.717) is 31.1 Å². The van der Waals surface area contributed by atoms with Crippen LogP contribution in [-0.4, -0.2) is 38.3 Å². The zero-order chi connectivity index (χ0) is 22.6. The largest absolute Gasteiger partial charge is 0.492 e. The van der Waals surface area contributed by atoms with Crippen molar-refractivity contribution in [1.82, 2.24) is 4.31 Å². The Labute approximate surface area is 189 Å². The molecular formula is C25H28N2O4S. The smallest absolute Gasteiger partial charge is 0.243 e. The van der Waals surface area contributed by atoms with Crippen LogP contribution in [0.25, 0.3) is 10.8 Å². The molecule has 32 heavy (non-hydrogen) atoms. The van der Waals surface area contributed by atoms with Crippen LogP contribution in [0.3, 0.4) is 0 Å². The first kappa shape index (κ1) is 22.3. The van der Waals surface area contributed by atoms with E-state index < -0.39 is 10.0 Å². The van der Waals surface area contributed by atoms with Crippen molar-refractivity contribution in [2.75, 3.05) is 25.0 Å². The number of nitrogens with one attached hydrogen (secondary N) is 1. The third-order valence-electron chi connectivity index (χ3n) is 5.66. The Balaban J connectivity index is 1.56. The maximum Gasteiger partial charge on any atom is 0.243 e. The number of sulfonamides is 1. The zero-order valence-corrected chi connectivity index (χ0v) is 19.0. The predicted octanol–water partition coefficient (Wildman–Crippen LogP) is 4.59. The number of anilines is 1. The molecule has 0 radical (unpaired) electrons. The number of carbonyl (C=O) groups is 1. The number of carbonyl (C=O) groups excluding carboxylic acids is 1. The Bertz CT molecular complexity index is 1220. The first-order chi connectivity index (χ1) is 15.5. The minimum atomic E-state index is -3.61. The molecule has 1 amide bonds. The number of rotatable bonds is 7. The lowest BCUT2D eigenvalue weighted by atomic mass is 10.0. The van der Waals surface area contributed by atoms with E-state index >= 15 is 0 Å². The molecule has 0 saturated carbocycles. The maximum absolute atomic E-state index is 13.1. The van der Waals surface area contributed by atoms with E-state index in [4.69, 9.17) is 4.74 Å². The van der Waals surface area contributed by atoms with Crippen LogP contribution < -0.4 is 10.1 Å². The van der Waals surface area contributed by atoms with Crippen molar-refractivity contribution in [1.29, 1.82) is 0 Å². The summed E-state index contributed by atoms with van der Waals surface area (Å²) in [7, 11) is -3.61. The standard InChI is InChI=1S/C25H28N2O4S/c1-2-31-24-13-12-22(32(29,30)27-14-6-3-7-15-27)18-23(24)26-25(28)17-19-10-11-20-8-4-5-9-21(20)16-19/h4-5,8-13,16,18H,2-3,6-7,14-15,17H2,1H3,(H,26,28). The molecule has 0 bridgehead atoms. The van der Waals surface area contributed by atoms with E-state index in [1.807, 2.05) is 49.4 Å². The lowest BCUT2D eigenvalue weighted by Gasteiger charge is -2.26. The molecule has 6 nitrogen and oxygen atoms in total. The average Bonchev–Trinajstić information content (AvgIpc) is 2.80. The average molecular weight is 453 g/mol. The van der Waals surface area contributed by atoms with Crippen LogP contribution in [0, 0.1) is 0 Å². The molecule has 1 aliphatic heterocycles. The highest BCUT2D eigenvalue weighted by Gasteiger charge is 2.27. The summed E-state index contributed by atoms with van der Waals surface area (Å²) in [5, 5.41) is 5.05. The molecule has 0 unspecified atom stereocenters. The summed E-state index contributed by atoms with van der Waals surface area (Å²) in [4.78, 5) is 13.0. The second-order valence-electron chi connectivity index (χ2n) is 7.96. The SMILES string of the molecule is CCOc1ccc(S(=O)(=O)N2CCCCC2)cc1NC(=O)Cc1ccc2ccccc2c1. The lowest BCUT2D eigenvalue weighted by molar-refractivity contribution is -0.115. The summed E-state index contributed by atoms with van der Waals surface area (Å²) < 4.78 is 33.3. The van der Waals surface area contributed by atoms with E-state index in [1.54, 1.807) is 12.1 Å². The molecule has 4 rings (SSSR count). The van der Waals surface area contributed by atoms with Crippen LogP contribution in [0.5, 0.6) is 5.75 Å². The van der Waals surface area contributed by atoms with Crippen molar-refractivity contribution < 1.29 is 17.9 Å². The number of fused-ring (bicyclic) bond motifs is 1. The monoisotopic (exact) mass is 452 g/mol. The van der Waals surface area contributed by atoms with Gasteiger partial charge in [0.2, 0.25) is 15.9 Å². The van der Waals surface area contributed by atoms with Gasteiger partial charge in [0.1, 0.15) is 5.75 Å². The second-order valence-corrected chi connectivity index (χ2v) is 9.90. The Hall–Kier alpha value is -2.90. The van der Waals surface area contributed by atoms with Gasteiger partial charge in [-0.2, -0.15) is 4.31 Å². The Morgan fingerprint density at radius 1 is 0.969 bits per heavy atom. The summed E-state index contributed by atoms with van der Waals surface area (Å²) in [6, 6.07) is 18.6. The van der Waals surface area contributed by atoms with Gasteiger partial charge in [0, 0.05) is 13.1 Å². The van der Waals surface area contributed by atoms with Crippen molar-refractivity contribution in [2.45, 2.75) is 37.5 Å². The minimum Gasteiger partial charge on any atom is -0.492 e. The topological polar surface area (TPSA) is 75.7 Å². The van der Waals surface area contributed by atoms with Crippen LogP contribution in [0.4, 0.5) is 5.69 Å². The number of piperidine rings is 1. The normalized spacial score (nSPS) is 14.9. The van der Waals surface area contributed by atoms with E-state index in [-0.39, 0.29) is 17.2 Å². The number of nitrogens with zero attached hydrogens (tertiary/aromatic N) is 1. The second kappa shape index (κ2) is 9.71. The molecule has 1 saturated heterocycles. The molecule has 0 aromatic heterocycles. The highest BCUT2D eigenvalue weighted by molar-refractivity contribution is 7.89. The molecule has 3 aromatic carbocycles. The molecule has 0 aliphatic carbocycles. The fourth-order valence-corrected chi connectivity index (χ4v) is 5.58. The van der Waals surface area contributed by atoms with Crippen LogP contribution in [0.2, 0.25) is 0 Å². The molecule has 168 valence electrons. The van der Waals surface area contributed by atoms with Crippen molar-refractivity contribution in [2.24, 2.45) is 0 Å². The van der Waals surface area contributed by atoms with Crippen LogP contribution in [0.1, 0.15) is 31.7 Å². The highest BCUT2D eigenvalue weighted by atomic mass is 32.2. The maximum atomic E-state index is 13.1. The van der Waals surface area contributed by atoms with Crippen molar-refractivity contribution in [3.05, 3.63) is 66.2 Å². The third kappa shape index (κ3) is 4.95. The fraction of sp³-hybridized carbons (Fsp3) is 0.320. The molecule has 0 atom stereocenters. The van der Waals surface area contributed by atoms with Gasteiger partial charge in [0.05, 0.1) is 23.6 Å². The number of benzene rings is 3. The van der Waals surface area contributed by atoms with Gasteiger partial charge in [-0.1, -0.05) is 48.9 Å². The molecule has 1 N–H and O–H groups in total. The van der Waals surface area contributed by atoms with Gasteiger partial charge in [-0.3, -0.25) is 4.79 Å². The number of amides is 1. The van der Waals surface area contributed by atoms with Crippen LogP contribution in [-0.2, 0) is 21.2 Å². The molecule has 1 heterocycles. The van der Waals surface area contributed by atoms with Gasteiger partial charge in [0.15, 0.2) is 0 Å². The predicted molar refractivity (Wildman–Crippen MR) is 127 cm³/mol. The zero-order valence-electron chi connectivity index (χ0n) is 18.2. The van der Waals surface area contributed by atoms with Gasteiger partial charge < -0.3 is 10.1 Å². The van der Waals surface area contributed by atoms with Crippen molar-refractivity contribution in [3.63, 3.8) is 0 Å². The third-order valence-corrected chi connectivity index (χ3v) is 7.55. The number of ether oxygens (including phenoxy) is 1. The molecule has 7 heteroatoms. The first-order valence-electron chi connectivity index (χ1n) is 11.0. The van der Waals surface area contributed by atoms with Crippen LogP contribution in [0.15, 0.2) is 65.6 Å². The Morgan fingerprint density at radius 3 is 2.47 bits per heavy atom. The number of hydrogen-bond donors (Lipinski definition) is 1. The highest BCUT2D eigenvalue weighted by Crippen LogP contribution is 2.30. The summed E-state index contributed by atoms with van der Waals surface area (Å²) in [6.07, 6.45) is 2.96. The number of hydrogen-bond acceptors (Lipinski definition) is 4.